The fourth-order valence-corrected chi connectivity index (χ4v) is 3.00. The molecule has 27 heavy (non-hydrogen) atoms. The van der Waals surface area contributed by atoms with Crippen LogP contribution >= 0.6 is 15.9 Å². The monoisotopic (exact) mass is 422 g/mol. The number of aryl methyl sites for hydroxylation is 1. The van der Waals surface area contributed by atoms with Crippen LogP contribution in [0, 0.1) is 6.92 Å². The minimum absolute atomic E-state index is 0.0905. The van der Waals surface area contributed by atoms with Gasteiger partial charge in [0.25, 0.3) is 5.91 Å². The quantitative estimate of drug-likeness (QED) is 0.451. The van der Waals surface area contributed by atoms with Crippen molar-refractivity contribution in [3.05, 3.63) is 88.4 Å². The molecule has 0 radical (unpaired) electrons. The molecule has 1 N–H and O–H groups in total. The first-order chi connectivity index (χ1) is 13.1. The Kier molecular flexibility index (Phi) is 6.39. The Balaban J connectivity index is 1.50. The fourth-order valence-electron chi connectivity index (χ4n) is 2.52. The van der Waals surface area contributed by atoms with E-state index in [4.69, 9.17) is 4.74 Å². The maximum Gasteiger partial charge on any atom is 0.277 e. The van der Waals surface area contributed by atoms with Gasteiger partial charge in [0.15, 0.2) is 6.61 Å². The molecule has 0 saturated carbocycles. The van der Waals surface area contributed by atoms with Gasteiger partial charge in [-0.15, -0.1) is 0 Å². The lowest BCUT2D eigenvalue weighted by molar-refractivity contribution is -0.123. The van der Waals surface area contributed by atoms with E-state index in [0.29, 0.717) is 5.75 Å². The lowest BCUT2D eigenvalue weighted by Gasteiger charge is -2.08. The van der Waals surface area contributed by atoms with E-state index in [1.54, 1.807) is 6.21 Å². The highest BCUT2D eigenvalue weighted by molar-refractivity contribution is 9.10. The second-order valence-electron chi connectivity index (χ2n) is 5.98. The first-order valence-corrected chi connectivity index (χ1v) is 9.27. The molecule has 0 atom stereocenters. The minimum atomic E-state index is -0.311. The molecule has 4 nitrogen and oxygen atoms in total. The number of hydrogen-bond acceptors (Lipinski definition) is 3. The highest BCUT2D eigenvalue weighted by atomic mass is 79.9. The summed E-state index contributed by atoms with van der Waals surface area (Å²) in [7, 11) is 0. The molecule has 0 aliphatic carbocycles. The van der Waals surface area contributed by atoms with Gasteiger partial charge in [-0.3, -0.25) is 4.79 Å². The van der Waals surface area contributed by atoms with Gasteiger partial charge in [-0.2, -0.15) is 5.10 Å². The summed E-state index contributed by atoms with van der Waals surface area (Å²) in [6.07, 6.45) is 1.61. The number of hydrazone groups is 1. The topological polar surface area (TPSA) is 50.7 Å². The zero-order valence-electron chi connectivity index (χ0n) is 14.9. The molecule has 3 aromatic rings. The van der Waals surface area contributed by atoms with E-state index < -0.39 is 0 Å². The predicted molar refractivity (Wildman–Crippen MR) is 112 cm³/mol. The molecule has 0 aliphatic rings. The summed E-state index contributed by atoms with van der Waals surface area (Å²) >= 11 is 3.40. The highest BCUT2D eigenvalue weighted by Gasteiger charge is 2.04. The van der Waals surface area contributed by atoms with Crippen molar-refractivity contribution in [1.82, 2.24) is 5.43 Å². The van der Waals surface area contributed by atoms with E-state index in [1.807, 2.05) is 67.6 Å². The van der Waals surface area contributed by atoms with Gasteiger partial charge >= 0.3 is 0 Å². The minimum Gasteiger partial charge on any atom is -0.483 e. The zero-order chi connectivity index (χ0) is 19.1. The average molecular weight is 423 g/mol. The third-order valence-corrected chi connectivity index (χ3v) is 4.41. The number of nitrogens with zero attached hydrogens (tertiary/aromatic N) is 1. The van der Waals surface area contributed by atoms with Crippen molar-refractivity contribution in [2.45, 2.75) is 6.92 Å². The molecule has 3 aromatic carbocycles. The maximum atomic E-state index is 11.9. The first-order valence-electron chi connectivity index (χ1n) is 8.48. The molecule has 136 valence electrons. The second-order valence-corrected chi connectivity index (χ2v) is 6.90. The van der Waals surface area contributed by atoms with E-state index >= 15 is 0 Å². The van der Waals surface area contributed by atoms with E-state index in [1.165, 1.54) is 0 Å². The van der Waals surface area contributed by atoms with Gasteiger partial charge < -0.3 is 4.74 Å². The van der Waals surface area contributed by atoms with Crippen LogP contribution in [0.4, 0.5) is 0 Å². The van der Waals surface area contributed by atoms with Gasteiger partial charge in [0.1, 0.15) is 5.75 Å². The van der Waals surface area contributed by atoms with Crippen molar-refractivity contribution in [3.63, 3.8) is 0 Å². The van der Waals surface area contributed by atoms with Crippen molar-refractivity contribution < 1.29 is 9.53 Å². The van der Waals surface area contributed by atoms with Gasteiger partial charge in [0.2, 0.25) is 0 Å². The first kappa shape index (κ1) is 18.9. The molecule has 0 saturated heterocycles. The van der Waals surface area contributed by atoms with Crippen LogP contribution in [-0.2, 0) is 4.79 Å². The van der Waals surface area contributed by atoms with Crippen molar-refractivity contribution >= 4 is 28.1 Å². The smallest absolute Gasteiger partial charge is 0.277 e. The van der Waals surface area contributed by atoms with Crippen LogP contribution < -0.4 is 10.2 Å². The number of rotatable bonds is 6. The standard InChI is InChI=1S/C22H19BrN2O2/c1-16-13-20(23)11-12-21(16)27-15-22(26)25-24-14-17-7-9-19(10-8-17)18-5-3-2-4-6-18/h2-14H,15H2,1H3,(H,25,26)/b24-14+. The van der Waals surface area contributed by atoms with Crippen LogP contribution in [0.1, 0.15) is 11.1 Å². The van der Waals surface area contributed by atoms with Gasteiger partial charge in [-0.1, -0.05) is 70.5 Å². The molecule has 0 aliphatic heterocycles. The van der Waals surface area contributed by atoms with E-state index in [9.17, 15) is 4.79 Å². The summed E-state index contributed by atoms with van der Waals surface area (Å²) in [6.45, 7) is 1.84. The van der Waals surface area contributed by atoms with Crippen molar-refractivity contribution in [2.24, 2.45) is 5.10 Å². The van der Waals surface area contributed by atoms with Gasteiger partial charge in [0, 0.05) is 4.47 Å². The number of carbonyl (C=O) groups is 1. The number of ether oxygens (including phenoxy) is 1. The lowest BCUT2D eigenvalue weighted by Crippen LogP contribution is -2.24. The summed E-state index contributed by atoms with van der Waals surface area (Å²) in [5.41, 5.74) is 6.63. The summed E-state index contributed by atoms with van der Waals surface area (Å²) < 4.78 is 6.49. The molecule has 0 spiro atoms. The number of carbonyl (C=O) groups excluding carboxylic acids is 1. The number of nitrogens with one attached hydrogen (secondary N) is 1. The normalized spacial score (nSPS) is 10.7. The van der Waals surface area contributed by atoms with E-state index in [2.05, 4.69) is 38.6 Å². The van der Waals surface area contributed by atoms with Crippen molar-refractivity contribution in [2.75, 3.05) is 6.61 Å². The molecule has 0 aromatic heterocycles. The fraction of sp³-hybridized carbons (Fsp3) is 0.0909. The largest absolute Gasteiger partial charge is 0.483 e. The third-order valence-electron chi connectivity index (χ3n) is 3.92. The lowest BCUT2D eigenvalue weighted by atomic mass is 10.0. The van der Waals surface area contributed by atoms with Crippen LogP contribution in [-0.4, -0.2) is 18.7 Å². The molecular formula is C22H19BrN2O2. The molecule has 0 fully saturated rings. The Morgan fingerprint density at radius 3 is 2.44 bits per heavy atom. The van der Waals surface area contributed by atoms with Crippen LogP contribution in [0.3, 0.4) is 0 Å². The number of halogens is 1. The van der Waals surface area contributed by atoms with Crippen LogP contribution in [0.15, 0.2) is 82.4 Å². The molecule has 0 bridgehead atoms. The second kappa shape index (κ2) is 9.14. The van der Waals surface area contributed by atoms with Crippen molar-refractivity contribution in [3.8, 4) is 16.9 Å². The van der Waals surface area contributed by atoms with Gasteiger partial charge in [0.05, 0.1) is 6.21 Å². The highest BCUT2D eigenvalue weighted by Crippen LogP contribution is 2.22. The molecular weight excluding hydrogens is 404 g/mol. The Bertz CT molecular complexity index is 938. The maximum absolute atomic E-state index is 11.9. The Morgan fingerprint density at radius 1 is 1.04 bits per heavy atom. The van der Waals surface area contributed by atoms with Gasteiger partial charge in [-0.05, 0) is 47.4 Å². The predicted octanol–water partition coefficient (Wildman–Crippen LogP) is 4.95. The number of benzene rings is 3. The summed E-state index contributed by atoms with van der Waals surface area (Å²) in [4.78, 5) is 11.9. The Morgan fingerprint density at radius 2 is 1.74 bits per heavy atom. The number of amides is 1. The average Bonchev–Trinajstić information content (AvgIpc) is 2.68. The summed E-state index contributed by atoms with van der Waals surface area (Å²) in [5.74, 6) is 0.364. The molecule has 0 unspecified atom stereocenters. The van der Waals surface area contributed by atoms with Crippen LogP contribution in [0.2, 0.25) is 0 Å². The summed E-state index contributed by atoms with van der Waals surface area (Å²) in [5, 5.41) is 3.98. The summed E-state index contributed by atoms with van der Waals surface area (Å²) in [6, 6.07) is 23.7. The van der Waals surface area contributed by atoms with Crippen LogP contribution in [0.25, 0.3) is 11.1 Å². The van der Waals surface area contributed by atoms with E-state index in [0.717, 1.165) is 26.7 Å². The molecule has 5 heteroatoms. The SMILES string of the molecule is Cc1cc(Br)ccc1OCC(=O)N/N=C/c1ccc(-c2ccccc2)cc1. The van der Waals surface area contributed by atoms with Crippen molar-refractivity contribution in [1.29, 1.82) is 0 Å². The molecule has 1 amide bonds. The third kappa shape index (κ3) is 5.53. The van der Waals surface area contributed by atoms with Crippen LogP contribution in [0.5, 0.6) is 5.75 Å². The Labute approximate surface area is 167 Å². The van der Waals surface area contributed by atoms with E-state index in [-0.39, 0.29) is 12.5 Å². The molecule has 0 heterocycles. The van der Waals surface area contributed by atoms with Gasteiger partial charge in [-0.25, -0.2) is 5.43 Å². The number of hydrogen-bond donors (Lipinski definition) is 1. The zero-order valence-corrected chi connectivity index (χ0v) is 16.4. The molecule has 3 rings (SSSR count). The Hall–Kier alpha value is -2.92.